The summed E-state index contributed by atoms with van der Waals surface area (Å²) in [6.45, 7) is 2.44. The topological polar surface area (TPSA) is 66.5 Å². The maximum atomic E-state index is 13.2. The highest BCUT2D eigenvalue weighted by Gasteiger charge is 2.26. The molecule has 0 radical (unpaired) electrons. The first kappa shape index (κ1) is 16.7. The predicted octanol–water partition coefficient (Wildman–Crippen LogP) is 3.19. The van der Waals surface area contributed by atoms with Crippen LogP contribution >= 0.6 is 11.6 Å². The maximum Gasteiger partial charge on any atom is 0.261 e. The quantitative estimate of drug-likeness (QED) is 0.901. The van der Waals surface area contributed by atoms with Crippen molar-refractivity contribution >= 4 is 38.9 Å². The van der Waals surface area contributed by atoms with Crippen molar-refractivity contribution in [1.82, 2.24) is 0 Å². The van der Waals surface area contributed by atoms with Crippen LogP contribution in [0.4, 0.5) is 15.8 Å². The molecule has 8 heteroatoms. The minimum absolute atomic E-state index is 0.0159. The Morgan fingerprint density at radius 2 is 2.00 bits per heavy atom. The third-order valence-electron chi connectivity index (χ3n) is 3.78. The van der Waals surface area contributed by atoms with Crippen LogP contribution in [0.2, 0.25) is 5.02 Å². The smallest absolute Gasteiger partial charge is 0.261 e. The lowest BCUT2D eigenvalue weighted by Crippen LogP contribution is -2.25. The van der Waals surface area contributed by atoms with Crippen LogP contribution in [0, 0.1) is 5.82 Å². The first-order valence-corrected chi connectivity index (χ1v) is 9.09. The molecule has 0 aromatic heterocycles. The summed E-state index contributed by atoms with van der Waals surface area (Å²) in [7, 11) is -3.90. The van der Waals surface area contributed by atoms with E-state index in [2.05, 4.69) is 4.72 Å². The zero-order valence-electron chi connectivity index (χ0n) is 12.7. The summed E-state index contributed by atoms with van der Waals surface area (Å²) in [6, 6.07) is 8.11. The first-order valence-electron chi connectivity index (χ1n) is 7.23. The molecule has 0 saturated heterocycles. The molecule has 0 unspecified atom stereocenters. The minimum atomic E-state index is -3.90. The Kier molecular flexibility index (Phi) is 4.23. The number of carbonyl (C=O) groups is 1. The molecule has 0 bridgehead atoms. The van der Waals surface area contributed by atoms with Gasteiger partial charge in [-0.3, -0.25) is 9.52 Å². The number of fused-ring (bicyclic) bond motifs is 1. The maximum absolute atomic E-state index is 13.2. The van der Waals surface area contributed by atoms with Gasteiger partial charge in [-0.2, -0.15) is 0 Å². The summed E-state index contributed by atoms with van der Waals surface area (Å²) in [4.78, 5) is 13.4. The number of hydrogen-bond acceptors (Lipinski definition) is 3. The Balaban J connectivity index is 1.90. The van der Waals surface area contributed by atoms with E-state index in [1.54, 1.807) is 23.1 Å². The Morgan fingerprint density at radius 1 is 1.25 bits per heavy atom. The van der Waals surface area contributed by atoms with Crippen LogP contribution in [0.3, 0.4) is 0 Å². The lowest BCUT2D eigenvalue weighted by atomic mass is 10.1. The van der Waals surface area contributed by atoms with E-state index in [4.69, 9.17) is 11.6 Å². The number of sulfonamides is 1. The molecule has 0 spiro atoms. The monoisotopic (exact) mass is 368 g/mol. The molecule has 1 aliphatic heterocycles. The lowest BCUT2D eigenvalue weighted by Gasteiger charge is -2.15. The third kappa shape index (κ3) is 2.97. The molecule has 1 amide bonds. The van der Waals surface area contributed by atoms with E-state index in [0.29, 0.717) is 12.2 Å². The molecule has 1 heterocycles. The third-order valence-corrected chi connectivity index (χ3v) is 5.45. The first-order chi connectivity index (χ1) is 11.3. The Bertz CT molecular complexity index is 931. The van der Waals surface area contributed by atoms with Gasteiger partial charge in [0.15, 0.2) is 0 Å². The molecule has 0 aliphatic carbocycles. The van der Waals surface area contributed by atoms with Crippen molar-refractivity contribution in [3.63, 3.8) is 0 Å². The lowest BCUT2D eigenvalue weighted by molar-refractivity contribution is -0.117. The molecule has 3 rings (SSSR count). The van der Waals surface area contributed by atoms with E-state index in [1.165, 1.54) is 0 Å². The molecule has 126 valence electrons. The Labute approximate surface area is 144 Å². The van der Waals surface area contributed by atoms with Crippen LogP contribution in [-0.2, 0) is 21.2 Å². The number of benzene rings is 2. The zero-order valence-corrected chi connectivity index (χ0v) is 14.3. The number of nitrogens with one attached hydrogen (secondary N) is 1. The van der Waals surface area contributed by atoms with Gasteiger partial charge in [0.05, 0.1) is 16.3 Å². The van der Waals surface area contributed by atoms with E-state index in [1.807, 2.05) is 6.92 Å². The summed E-state index contributed by atoms with van der Waals surface area (Å²) < 4.78 is 40.4. The fourth-order valence-electron chi connectivity index (χ4n) is 2.65. The highest BCUT2D eigenvalue weighted by Crippen LogP contribution is 2.32. The summed E-state index contributed by atoms with van der Waals surface area (Å²) in [5.41, 5.74) is 1.88. The van der Waals surface area contributed by atoms with Crippen molar-refractivity contribution < 1.29 is 17.6 Å². The second kappa shape index (κ2) is 6.07. The van der Waals surface area contributed by atoms with Gasteiger partial charge in [0.1, 0.15) is 5.82 Å². The molecule has 1 N–H and O–H groups in total. The van der Waals surface area contributed by atoms with E-state index in [9.17, 15) is 17.6 Å². The van der Waals surface area contributed by atoms with Crippen LogP contribution in [0.1, 0.15) is 12.5 Å². The van der Waals surface area contributed by atoms with Gasteiger partial charge in [-0.15, -0.1) is 0 Å². The van der Waals surface area contributed by atoms with E-state index < -0.39 is 15.8 Å². The zero-order chi connectivity index (χ0) is 17.5. The standard InChI is InChI=1S/C16H14ClFN2O3S/c1-2-20-15-6-3-11(7-10(15)8-16(20)21)19-24(22,23)12-4-5-14(18)13(17)9-12/h3-7,9,19H,2,8H2,1H3. The fraction of sp³-hybridized carbons (Fsp3) is 0.188. The Hall–Kier alpha value is -2.12. The van der Waals surface area contributed by atoms with Gasteiger partial charge in [-0.1, -0.05) is 11.6 Å². The molecule has 2 aromatic rings. The second-order valence-electron chi connectivity index (χ2n) is 5.34. The summed E-state index contributed by atoms with van der Waals surface area (Å²) in [5, 5.41) is -0.268. The number of amides is 1. The molecule has 5 nitrogen and oxygen atoms in total. The molecular weight excluding hydrogens is 355 g/mol. The Morgan fingerprint density at radius 3 is 2.67 bits per heavy atom. The largest absolute Gasteiger partial charge is 0.312 e. The van der Waals surface area contributed by atoms with Gasteiger partial charge in [0, 0.05) is 17.9 Å². The number of anilines is 2. The van der Waals surface area contributed by atoms with Crippen molar-refractivity contribution in [1.29, 1.82) is 0 Å². The molecule has 0 atom stereocenters. The van der Waals surface area contributed by atoms with Crippen molar-refractivity contribution in [2.75, 3.05) is 16.2 Å². The minimum Gasteiger partial charge on any atom is -0.312 e. The van der Waals surface area contributed by atoms with Crippen molar-refractivity contribution in [3.05, 3.63) is 52.8 Å². The van der Waals surface area contributed by atoms with Gasteiger partial charge >= 0.3 is 0 Å². The molecule has 0 saturated carbocycles. The number of carbonyl (C=O) groups excluding carboxylic acids is 1. The average Bonchev–Trinajstić information content (AvgIpc) is 2.83. The second-order valence-corrected chi connectivity index (χ2v) is 7.43. The van der Waals surface area contributed by atoms with Crippen LogP contribution in [-0.4, -0.2) is 20.9 Å². The van der Waals surface area contributed by atoms with Crippen LogP contribution < -0.4 is 9.62 Å². The van der Waals surface area contributed by atoms with E-state index in [-0.39, 0.29) is 22.2 Å². The highest BCUT2D eigenvalue weighted by molar-refractivity contribution is 7.92. The molecular formula is C16H14ClFN2O3S. The number of likely N-dealkylation sites (N-methyl/N-ethyl adjacent to an activating group) is 1. The van der Waals surface area contributed by atoms with Crippen molar-refractivity contribution in [3.8, 4) is 0 Å². The van der Waals surface area contributed by atoms with Gasteiger partial charge in [0.25, 0.3) is 10.0 Å². The summed E-state index contributed by atoms with van der Waals surface area (Å²) in [5.74, 6) is -0.704. The van der Waals surface area contributed by atoms with Gasteiger partial charge in [-0.25, -0.2) is 12.8 Å². The van der Waals surface area contributed by atoms with Crippen LogP contribution in [0.5, 0.6) is 0 Å². The molecule has 2 aromatic carbocycles. The van der Waals surface area contributed by atoms with Crippen LogP contribution in [0.25, 0.3) is 0 Å². The molecule has 1 aliphatic rings. The normalized spacial score (nSPS) is 14.0. The SMILES string of the molecule is CCN1C(=O)Cc2cc(NS(=O)(=O)c3ccc(F)c(Cl)c3)ccc21. The summed E-state index contributed by atoms with van der Waals surface area (Å²) in [6.07, 6.45) is 0.237. The van der Waals surface area contributed by atoms with E-state index >= 15 is 0 Å². The number of hydrogen-bond donors (Lipinski definition) is 1. The average molecular weight is 369 g/mol. The van der Waals surface area contributed by atoms with Gasteiger partial charge in [0.2, 0.25) is 5.91 Å². The van der Waals surface area contributed by atoms with Gasteiger partial charge < -0.3 is 4.90 Å². The fourth-order valence-corrected chi connectivity index (χ4v) is 3.97. The highest BCUT2D eigenvalue weighted by atomic mass is 35.5. The van der Waals surface area contributed by atoms with E-state index in [0.717, 1.165) is 29.4 Å². The number of nitrogens with zero attached hydrogens (tertiary/aromatic N) is 1. The van der Waals surface area contributed by atoms with Crippen molar-refractivity contribution in [2.24, 2.45) is 0 Å². The molecule has 24 heavy (non-hydrogen) atoms. The molecule has 0 fully saturated rings. The van der Waals surface area contributed by atoms with Crippen LogP contribution in [0.15, 0.2) is 41.3 Å². The predicted molar refractivity (Wildman–Crippen MR) is 90.4 cm³/mol. The van der Waals surface area contributed by atoms with Crippen molar-refractivity contribution in [2.45, 2.75) is 18.2 Å². The number of rotatable bonds is 4. The summed E-state index contributed by atoms with van der Waals surface area (Å²) >= 11 is 5.64. The number of halogens is 2. The van der Waals surface area contributed by atoms with Gasteiger partial charge in [-0.05, 0) is 48.9 Å².